The van der Waals surface area contributed by atoms with Crippen LogP contribution < -0.4 is 10.6 Å². The Morgan fingerprint density at radius 2 is 2.24 bits per heavy atom. The van der Waals surface area contributed by atoms with Gasteiger partial charge in [0.1, 0.15) is 5.76 Å². The molecule has 2 heterocycles. The van der Waals surface area contributed by atoms with Gasteiger partial charge in [-0.2, -0.15) is 0 Å². The van der Waals surface area contributed by atoms with E-state index >= 15 is 0 Å². The molecule has 2 fully saturated rings. The highest BCUT2D eigenvalue weighted by Crippen LogP contribution is 2.28. The van der Waals surface area contributed by atoms with Gasteiger partial charge in [0.2, 0.25) is 0 Å². The zero-order valence-electron chi connectivity index (χ0n) is 12.5. The number of guanidine groups is 1. The molecular weight excluding hydrogens is 266 g/mol. The number of ether oxygens (including phenoxy) is 1. The van der Waals surface area contributed by atoms with E-state index in [1.54, 1.807) is 6.26 Å². The van der Waals surface area contributed by atoms with Gasteiger partial charge in [0, 0.05) is 32.7 Å². The molecule has 5 heteroatoms. The van der Waals surface area contributed by atoms with Crippen LogP contribution in [0.1, 0.15) is 31.4 Å². The van der Waals surface area contributed by atoms with E-state index in [0.29, 0.717) is 6.10 Å². The fourth-order valence-electron chi connectivity index (χ4n) is 2.47. The third-order valence-electron chi connectivity index (χ3n) is 3.97. The number of nitrogens with one attached hydrogen (secondary N) is 2. The Hall–Kier alpha value is -1.49. The van der Waals surface area contributed by atoms with Crippen LogP contribution in [-0.4, -0.2) is 38.3 Å². The van der Waals surface area contributed by atoms with Gasteiger partial charge in [0.05, 0.1) is 12.4 Å². The van der Waals surface area contributed by atoms with Crippen molar-refractivity contribution in [1.82, 2.24) is 10.6 Å². The quantitative estimate of drug-likeness (QED) is 0.595. The summed E-state index contributed by atoms with van der Waals surface area (Å²) < 4.78 is 11.0. The summed E-state index contributed by atoms with van der Waals surface area (Å²) in [6.45, 7) is 3.50. The lowest BCUT2D eigenvalue weighted by Crippen LogP contribution is -2.42. The Bertz CT molecular complexity index is 434. The smallest absolute Gasteiger partial charge is 0.191 e. The molecule has 21 heavy (non-hydrogen) atoms. The van der Waals surface area contributed by atoms with Crippen LogP contribution in [0, 0.1) is 5.92 Å². The first-order chi connectivity index (χ1) is 10.4. The van der Waals surface area contributed by atoms with Crippen LogP contribution >= 0.6 is 0 Å². The van der Waals surface area contributed by atoms with Crippen LogP contribution in [0.25, 0.3) is 0 Å². The zero-order chi connectivity index (χ0) is 14.3. The Balaban J connectivity index is 1.42. The average Bonchev–Trinajstić information content (AvgIpc) is 2.96. The second-order valence-corrected chi connectivity index (χ2v) is 5.90. The molecule has 1 aliphatic heterocycles. The molecule has 3 rings (SSSR count). The topological polar surface area (TPSA) is 58.8 Å². The normalized spacial score (nSPS) is 22.5. The molecule has 1 unspecified atom stereocenters. The minimum atomic E-state index is 0.336. The Morgan fingerprint density at radius 3 is 2.95 bits per heavy atom. The van der Waals surface area contributed by atoms with Gasteiger partial charge in [-0.3, -0.25) is 4.99 Å². The Labute approximate surface area is 126 Å². The maximum atomic E-state index is 5.64. The van der Waals surface area contributed by atoms with Crippen LogP contribution in [0.4, 0.5) is 0 Å². The van der Waals surface area contributed by atoms with Gasteiger partial charge in [-0.05, 0) is 43.7 Å². The lowest BCUT2D eigenvalue weighted by Gasteiger charge is -2.15. The lowest BCUT2D eigenvalue weighted by molar-refractivity contribution is 0.114. The first-order valence-electron chi connectivity index (χ1n) is 8.06. The van der Waals surface area contributed by atoms with Crippen molar-refractivity contribution in [2.24, 2.45) is 10.9 Å². The fourth-order valence-corrected chi connectivity index (χ4v) is 2.47. The first-order valence-corrected chi connectivity index (χ1v) is 8.06. The minimum Gasteiger partial charge on any atom is -0.469 e. The maximum absolute atomic E-state index is 5.64. The number of furan rings is 1. The molecule has 2 aliphatic rings. The lowest BCUT2D eigenvalue weighted by atomic mass is 10.2. The van der Waals surface area contributed by atoms with Crippen molar-refractivity contribution in [2.75, 3.05) is 26.2 Å². The number of rotatable bonds is 7. The molecule has 1 saturated heterocycles. The van der Waals surface area contributed by atoms with E-state index in [-0.39, 0.29) is 0 Å². The number of aliphatic imine (C=N–C) groups is 1. The molecule has 0 spiro atoms. The summed E-state index contributed by atoms with van der Waals surface area (Å²) in [5.41, 5.74) is 0. The van der Waals surface area contributed by atoms with Crippen molar-refractivity contribution in [1.29, 1.82) is 0 Å². The molecule has 1 aromatic heterocycles. The molecule has 1 saturated carbocycles. The Morgan fingerprint density at radius 1 is 1.29 bits per heavy atom. The van der Waals surface area contributed by atoms with Crippen molar-refractivity contribution in [3.63, 3.8) is 0 Å². The summed E-state index contributed by atoms with van der Waals surface area (Å²) in [5.74, 6) is 2.71. The highest BCUT2D eigenvalue weighted by molar-refractivity contribution is 5.79. The summed E-state index contributed by atoms with van der Waals surface area (Å²) in [6, 6.07) is 3.93. The number of hydrogen-bond acceptors (Lipinski definition) is 3. The van der Waals surface area contributed by atoms with Crippen molar-refractivity contribution < 1.29 is 9.15 Å². The number of nitrogens with zero attached hydrogens (tertiary/aromatic N) is 1. The zero-order valence-corrected chi connectivity index (χ0v) is 12.5. The second kappa shape index (κ2) is 7.50. The van der Waals surface area contributed by atoms with Gasteiger partial charge in [-0.1, -0.05) is 0 Å². The third-order valence-corrected chi connectivity index (χ3v) is 3.97. The average molecular weight is 291 g/mol. The largest absolute Gasteiger partial charge is 0.469 e. The maximum Gasteiger partial charge on any atom is 0.191 e. The van der Waals surface area contributed by atoms with E-state index in [9.17, 15) is 0 Å². The van der Waals surface area contributed by atoms with Crippen LogP contribution in [0.2, 0.25) is 0 Å². The molecule has 2 N–H and O–H groups in total. The molecule has 1 aromatic rings. The SMILES string of the molecule is c1coc(CCNC(=NCC2CC2)NCC2CCCO2)c1. The fraction of sp³-hybridized carbons (Fsp3) is 0.688. The summed E-state index contributed by atoms with van der Waals surface area (Å²) in [4.78, 5) is 4.67. The molecule has 5 nitrogen and oxygen atoms in total. The standard InChI is InChI=1S/C16H25N3O2/c1-3-14(20-9-1)7-8-17-16(18-11-13-5-6-13)19-12-15-4-2-10-21-15/h1,3,9,13,15H,2,4-8,10-12H2,(H2,17,18,19). The van der Waals surface area contributed by atoms with Gasteiger partial charge in [0.25, 0.3) is 0 Å². The molecule has 116 valence electrons. The van der Waals surface area contributed by atoms with E-state index in [4.69, 9.17) is 9.15 Å². The molecule has 1 aliphatic carbocycles. The van der Waals surface area contributed by atoms with Gasteiger partial charge in [0.15, 0.2) is 5.96 Å². The molecular formula is C16H25N3O2. The molecule has 1 atom stereocenters. The van der Waals surface area contributed by atoms with E-state index < -0.39 is 0 Å². The summed E-state index contributed by atoms with van der Waals surface area (Å²) in [6.07, 6.45) is 7.90. The monoisotopic (exact) mass is 291 g/mol. The van der Waals surface area contributed by atoms with Crippen LogP contribution in [0.3, 0.4) is 0 Å². The first kappa shape index (κ1) is 14.4. The van der Waals surface area contributed by atoms with E-state index in [2.05, 4.69) is 15.6 Å². The van der Waals surface area contributed by atoms with Crippen LogP contribution in [0.5, 0.6) is 0 Å². The van der Waals surface area contributed by atoms with Crippen molar-refractivity contribution in [3.05, 3.63) is 24.2 Å². The molecule has 0 bridgehead atoms. The van der Waals surface area contributed by atoms with Gasteiger partial charge in [-0.25, -0.2) is 0 Å². The van der Waals surface area contributed by atoms with Gasteiger partial charge >= 0.3 is 0 Å². The van der Waals surface area contributed by atoms with Gasteiger partial charge in [-0.15, -0.1) is 0 Å². The number of hydrogen-bond donors (Lipinski definition) is 2. The van der Waals surface area contributed by atoms with Crippen molar-refractivity contribution in [2.45, 2.75) is 38.2 Å². The van der Waals surface area contributed by atoms with Gasteiger partial charge < -0.3 is 19.8 Å². The summed E-state index contributed by atoms with van der Waals surface area (Å²) >= 11 is 0. The van der Waals surface area contributed by atoms with Crippen LogP contribution in [0.15, 0.2) is 27.8 Å². The van der Waals surface area contributed by atoms with Crippen molar-refractivity contribution >= 4 is 5.96 Å². The third kappa shape index (κ3) is 5.08. The van der Waals surface area contributed by atoms with E-state index in [1.165, 1.54) is 19.3 Å². The van der Waals surface area contributed by atoms with Crippen LogP contribution in [-0.2, 0) is 11.2 Å². The molecule has 0 radical (unpaired) electrons. The second-order valence-electron chi connectivity index (χ2n) is 5.90. The van der Waals surface area contributed by atoms with E-state index in [1.807, 2.05) is 12.1 Å². The predicted molar refractivity (Wildman–Crippen MR) is 82.4 cm³/mol. The van der Waals surface area contributed by atoms with Crippen molar-refractivity contribution in [3.8, 4) is 0 Å². The highest BCUT2D eigenvalue weighted by atomic mass is 16.5. The summed E-state index contributed by atoms with van der Waals surface area (Å²) in [7, 11) is 0. The molecule has 0 amide bonds. The highest BCUT2D eigenvalue weighted by Gasteiger charge is 2.21. The minimum absolute atomic E-state index is 0.336. The predicted octanol–water partition coefficient (Wildman–Crippen LogP) is 1.95. The molecule has 0 aromatic carbocycles. The summed E-state index contributed by atoms with van der Waals surface area (Å²) in [5, 5.41) is 6.80. The Kier molecular flexibility index (Phi) is 5.16. The van der Waals surface area contributed by atoms with E-state index in [0.717, 1.165) is 56.7 Å².